The Hall–Kier alpha value is -2.67. The van der Waals surface area contributed by atoms with Crippen LogP contribution >= 0.6 is 0 Å². The van der Waals surface area contributed by atoms with Crippen LogP contribution in [0.1, 0.15) is 25.0 Å². The number of fused-ring (bicyclic) bond motifs is 1. The fourth-order valence-electron chi connectivity index (χ4n) is 3.31. The van der Waals surface area contributed by atoms with Crippen LogP contribution in [0.25, 0.3) is 6.08 Å². The summed E-state index contributed by atoms with van der Waals surface area (Å²) < 4.78 is 29.8. The number of hydrogen-bond acceptors (Lipinski definition) is 6. The fraction of sp³-hybridized carbons (Fsp3) is 0.368. The van der Waals surface area contributed by atoms with Gasteiger partial charge in [0.1, 0.15) is 18.2 Å². The average Bonchev–Trinajstić information content (AvgIpc) is 2.94. The van der Waals surface area contributed by atoms with E-state index < -0.39 is 17.4 Å². The van der Waals surface area contributed by atoms with Crippen molar-refractivity contribution in [3.05, 3.63) is 46.4 Å². The van der Waals surface area contributed by atoms with Crippen LogP contribution < -0.4 is 4.90 Å². The number of rotatable bonds is 3. The molecule has 0 unspecified atom stereocenters. The van der Waals surface area contributed by atoms with Gasteiger partial charge in [0.05, 0.1) is 26.4 Å². The van der Waals surface area contributed by atoms with E-state index in [2.05, 4.69) is 0 Å². The number of nitrogens with zero attached hydrogens (tertiary/aromatic N) is 1. The molecule has 1 aromatic carbocycles. The molecule has 0 saturated carbocycles. The largest absolute Gasteiger partial charge is 0.466 e. The zero-order valence-corrected chi connectivity index (χ0v) is 15.1. The van der Waals surface area contributed by atoms with Crippen LogP contribution in [0, 0.1) is 5.82 Å². The highest BCUT2D eigenvalue weighted by molar-refractivity contribution is 6.03. The van der Waals surface area contributed by atoms with E-state index in [1.54, 1.807) is 6.07 Å². The molecule has 0 saturated heterocycles. The molecule has 1 aliphatic carbocycles. The van der Waals surface area contributed by atoms with Crippen LogP contribution in [0.5, 0.6) is 0 Å². The lowest BCUT2D eigenvalue weighted by Gasteiger charge is -2.32. The van der Waals surface area contributed by atoms with Crippen LogP contribution in [0.3, 0.4) is 0 Å². The summed E-state index contributed by atoms with van der Waals surface area (Å²) in [5.74, 6) is -1.80. The van der Waals surface area contributed by atoms with Gasteiger partial charge >= 0.3 is 11.9 Å². The van der Waals surface area contributed by atoms with Gasteiger partial charge in [-0.1, -0.05) is 26.0 Å². The lowest BCUT2D eigenvalue weighted by Crippen LogP contribution is -2.39. The normalized spacial score (nSPS) is 18.0. The molecule has 26 heavy (non-hydrogen) atoms. The van der Waals surface area contributed by atoms with E-state index in [9.17, 15) is 14.0 Å². The van der Waals surface area contributed by atoms with Gasteiger partial charge in [0.25, 0.3) is 0 Å². The Morgan fingerprint density at radius 1 is 1.19 bits per heavy atom. The van der Waals surface area contributed by atoms with Crippen molar-refractivity contribution >= 4 is 23.7 Å². The van der Waals surface area contributed by atoms with Crippen molar-refractivity contribution < 1.29 is 28.2 Å². The summed E-state index contributed by atoms with van der Waals surface area (Å²) in [5.41, 5.74) is 1.32. The smallest absolute Gasteiger partial charge is 0.355 e. The van der Waals surface area contributed by atoms with Crippen molar-refractivity contribution in [2.75, 3.05) is 32.5 Å². The van der Waals surface area contributed by atoms with Gasteiger partial charge in [-0.15, -0.1) is 0 Å². The predicted molar refractivity (Wildman–Crippen MR) is 92.8 cm³/mol. The third-order valence-corrected chi connectivity index (χ3v) is 4.57. The first kappa shape index (κ1) is 18.1. The molecule has 1 aliphatic heterocycles. The molecule has 0 N–H and O–H groups in total. The summed E-state index contributed by atoms with van der Waals surface area (Å²) in [6.07, 6.45) is 3.77. The van der Waals surface area contributed by atoms with E-state index in [4.69, 9.17) is 14.2 Å². The molecule has 2 aliphatic rings. The third kappa shape index (κ3) is 2.88. The van der Waals surface area contributed by atoms with Crippen LogP contribution in [-0.4, -0.2) is 39.5 Å². The number of anilines is 1. The van der Waals surface area contributed by atoms with Crippen molar-refractivity contribution in [2.45, 2.75) is 19.3 Å². The van der Waals surface area contributed by atoms with Crippen molar-refractivity contribution in [1.82, 2.24) is 0 Å². The number of carbonyl (C=O) groups is 2. The average molecular weight is 361 g/mol. The minimum atomic E-state index is -0.717. The molecule has 0 bridgehead atoms. The number of allylic oxidation sites excluding steroid dienone is 1. The standard InChI is InChI=1S/C19H20FNO5/c1-19(2)6-5-11-7-12(8-14(20)15(11)19)21-10-26-9-13(17(22)24-3)16(21)18(23)25-4/h5-8H,9-10H2,1-4H3. The quantitative estimate of drug-likeness (QED) is 0.771. The van der Waals surface area contributed by atoms with Gasteiger partial charge < -0.3 is 19.1 Å². The Balaban J connectivity index is 2.13. The number of esters is 2. The van der Waals surface area contributed by atoms with E-state index >= 15 is 0 Å². The van der Waals surface area contributed by atoms with Crippen molar-refractivity contribution in [3.8, 4) is 0 Å². The van der Waals surface area contributed by atoms with Crippen molar-refractivity contribution in [2.24, 2.45) is 0 Å². The van der Waals surface area contributed by atoms with Crippen molar-refractivity contribution in [1.29, 1.82) is 0 Å². The minimum absolute atomic E-state index is 0.00816. The lowest BCUT2D eigenvalue weighted by molar-refractivity contribution is -0.140. The third-order valence-electron chi connectivity index (χ3n) is 4.57. The molecule has 0 atom stereocenters. The maximum absolute atomic E-state index is 14.8. The molecule has 7 heteroatoms. The monoisotopic (exact) mass is 361 g/mol. The number of benzene rings is 1. The van der Waals surface area contributed by atoms with E-state index in [1.165, 1.54) is 25.2 Å². The van der Waals surface area contributed by atoms with E-state index in [1.807, 2.05) is 26.0 Å². The molecule has 0 radical (unpaired) electrons. The highest BCUT2D eigenvalue weighted by Gasteiger charge is 2.34. The molecule has 0 aromatic heterocycles. The van der Waals surface area contributed by atoms with Crippen molar-refractivity contribution in [3.63, 3.8) is 0 Å². The first-order valence-corrected chi connectivity index (χ1v) is 8.08. The van der Waals surface area contributed by atoms with Gasteiger partial charge in [-0.25, -0.2) is 14.0 Å². The second-order valence-corrected chi connectivity index (χ2v) is 6.66. The first-order chi connectivity index (χ1) is 12.3. The number of methoxy groups -OCH3 is 2. The molecule has 1 aromatic rings. The molecule has 0 fully saturated rings. The van der Waals surface area contributed by atoms with Crippen LogP contribution in [0.2, 0.25) is 0 Å². The zero-order chi connectivity index (χ0) is 19.1. The zero-order valence-electron chi connectivity index (χ0n) is 15.1. The Kier molecular flexibility index (Phi) is 4.58. The van der Waals surface area contributed by atoms with Crippen LogP contribution in [0.4, 0.5) is 10.1 Å². The molecule has 0 amide bonds. The first-order valence-electron chi connectivity index (χ1n) is 8.08. The number of hydrogen-bond donors (Lipinski definition) is 0. The number of carbonyl (C=O) groups excluding carboxylic acids is 2. The topological polar surface area (TPSA) is 65.1 Å². The van der Waals surface area contributed by atoms with E-state index in [-0.39, 0.29) is 30.4 Å². The maximum atomic E-state index is 14.8. The summed E-state index contributed by atoms with van der Waals surface area (Å²) in [4.78, 5) is 25.8. The maximum Gasteiger partial charge on any atom is 0.355 e. The highest BCUT2D eigenvalue weighted by atomic mass is 19.1. The van der Waals surface area contributed by atoms with Crippen LogP contribution in [0.15, 0.2) is 29.5 Å². The molecule has 1 heterocycles. The molecule has 0 spiro atoms. The Morgan fingerprint density at radius 2 is 1.88 bits per heavy atom. The Bertz CT molecular complexity index is 841. The number of halogens is 1. The highest BCUT2D eigenvalue weighted by Crippen LogP contribution is 2.40. The van der Waals surface area contributed by atoms with Gasteiger partial charge in [-0.3, -0.25) is 0 Å². The molecular weight excluding hydrogens is 341 g/mol. The molecule has 6 nitrogen and oxygen atoms in total. The fourth-order valence-corrected chi connectivity index (χ4v) is 3.31. The summed E-state index contributed by atoms with van der Waals surface area (Å²) in [7, 11) is 2.43. The van der Waals surface area contributed by atoms with Crippen LogP contribution in [-0.2, 0) is 29.2 Å². The van der Waals surface area contributed by atoms with Gasteiger partial charge in [0, 0.05) is 16.7 Å². The van der Waals surface area contributed by atoms with Gasteiger partial charge in [-0.2, -0.15) is 0 Å². The molecule has 138 valence electrons. The molecular formula is C19H20FNO5. The number of ether oxygens (including phenoxy) is 3. The van der Waals surface area contributed by atoms with E-state index in [0.29, 0.717) is 11.3 Å². The SMILES string of the molecule is COC(=O)C1=C(C(=O)OC)N(c2cc(F)c3c(c2)C=CC3(C)C)COC1. The lowest BCUT2D eigenvalue weighted by atomic mass is 9.86. The summed E-state index contributed by atoms with van der Waals surface area (Å²) in [6, 6.07) is 3.09. The predicted octanol–water partition coefficient (Wildman–Crippen LogP) is 2.52. The summed E-state index contributed by atoms with van der Waals surface area (Å²) in [6.45, 7) is 3.75. The Morgan fingerprint density at radius 3 is 2.54 bits per heavy atom. The van der Waals surface area contributed by atoms with Gasteiger partial charge in [0.15, 0.2) is 0 Å². The minimum Gasteiger partial charge on any atom is -0.466 e. The Labute approximate surface area is 150 Å². The summed E-state index contributed by atoms with van der Waals surface area (Å²) in [5, 5.41) is 0. The van der Waals surface area contributed by atoms with Gasteiger partial charge in [0.2, 0.25) is 0 Å². The second kappa shape index (κ2) is 6.57. The van der Waals surface area contributed by atoms with Gasteiger partial charge in [-0.05, 0) is 17.7 Å². The van der Waals surface area contributed by atoms with E-state index in [0.717, 1.165) is 5.56 Å². The summed E-state index contributed by atoms with van der Waals surface area (Å²) >= 11 is 0. The second-order valence-electron chi connectivity index (χ2n) is 6.66. The molecule has 3 rings (SSSR count).